The first-order valence-corrected chi connectivity index (χ1v) is 9.58. The Bertz CT molecular complexity index is 1070. The monoisotopic (exact) mass is 355 g/mol. The lowest BCUT2D eigenvalue weighted by atomic mass is 10.00. The second-order valence-corrected chi connectivity index (χ2v) is 7.84. The van der Waals surface area contributed by atoms with Crippen molar-refractivity contribution in [1.82, 2.24) is 0 Å². The summed E-state index contributed by atoms with van der Waals surface area (Å²) in [7, 11) is 0. The van der Waals surface area contributed by atoms with E-state index < -0.39 is 0 Å². The molecule has 0 fully saturated rings. The number of fused-ring (bicyclic) bond motifs is 3. The lowest BCUT2D eigenvalue weighted by molar-refractivity contribution is 0.103. The summed E-state index contributed by atoms with van der Waals surface area (Å²) in [4.78, 5) is 14.4. The van der Waals surface area contributed by atoms with E-state index in [1.165, 1.54) is 5.56 Å². The molecule has 1 N–H and O–H groups in total. The lowest BCUT2D eigenvalue weighted by Crippen LogP contribution is -2.07. The zero-order valence-electron chi connectivity index (χ0n) is 14.3. The van der Waals surface area contributed by atoms with Gasteiger partial charge in [0.1, 0.15) is 0 Å². The Morgan fingerprint density at radius 1 is 0.846 bits per heavy atom. The number of ketones is 1. The molecular weight excluding hydrogens is 338 g/mol. The predicted molar refractivity (Wildman–Crippen MR) is 108 cm³/mol. The number of hydrogen-bond donors (Lipinski definition) is 1. The van der Waals surface area contributed by atoms with Gasteiger partial charge >= 0.3 is 0 Å². The Morgan fingerprint density at radius 2 is 1.54 bits per heavy atom. The predicted octanol–water partition coefficient (Wildman–Crippen LogP) is 5.86. The van der Waals surface area contributed by atoms with Crippen molar-refractivity contribution in [3.05, 3.63) is 101 Å². The lowest BCUT2D eigenvalue weighted by Gasteiger charge is -2.17. The van der Waals surface area contributed by atoms with Gasteiger partial charge in [0.25, 0.3) is 0 Å². The average molecular weight is 355 g/mol. The van der Waals surface area contributed by atoms with Gasteiger partial charge in [-0.15, -0.1) is 11.8 Å². The molecule has 3 aromatic carbocycles. The molecule has 2 aliphatic rings. The summed E-state index contributed by atoms with van der Waals surface area (Å²) >= 11 is 1.75. The minimum Gasteiger partial charge on any atom is -0.354 e. The van der Waals surface area contributed by atoms with Crippen LogP contribution in [0, 0.1) is 6.92 Å². The van der Waals surface area contributed by atoms with Gasteiger partial charge in [0, 0.05) is 21.6 Å². The highest BCUT2D eigenvalue weighted by Crippen LogP contribution is 2.52. The molecule has 1 heterocycles. The van der Waals surface area contributed by atoms with Crippen LogP contribution in [0.15, 0.2) is 83.3 Å². The van der Waals surface area contributed by atoms with E-state index >= 15 is 0 Å². The highest BCUT2D eigenvalue weighted by molar-refractivity contribution is 8.00. The van der Waals surface area contributed by atoms with Gasteiger partial charge in [-0.1, -0.05) is 66.2 Å². The number of aryl methyl sites for hydroxylation is 1. The molecule has 1 atom stereocenters. The molecule has 0 saturated heterocycles. The molecule has 1 aliphatic heterocycles. The van der Waals surface area contributed by atoms with E-state index in [0.717, 1.165) is 38.5 Å². The fraction of sp³-hybridized carbons (Fsp3) is 0.0870. The van der Waals surface area contributed by atoms with E-state index in [1.54, 1.807) is 11.8 Å². The largest absolute Gasteiger partial charge is 0.354 e. The standard InChI is InChI=1S/C23H17NOS/c1-14-10-12-15(13-11-14)23-20-21(16-6-2-3-7-17(16)22(20)25)24-18-8-4-5-9-19(18)26-23/h2-13,23-24H,1H3. The third-order valence-electron chi connectivity index (χ3n) is 4.99. The molecule has 26 heavy (non-hydrogen) atoms. The SMILES string of the molecule is Cc1ccc(C2Sc3ccccc3NC3=C2C(=O)c2ccccc23)cc1. The molecule has 0 saturated carbocycles. The van der Waals surface area contributed by atoms with Crippen molar-refractivity contribution in [2.24, 2.45) is 0 Å². The molecule has 1 unspecified atom stereocenters. The van der Waals surface area contributed by atoms with Gasteiger partial charge in [-0.3, -0.25) is 4.79 Å². The number of carbonyl (C=O) groups is 1. The fourth-order valence-corrected chi connectivity index (χ4v) is 4.95. The highest BCUT2D eigenvalue weighted by atomic mass is 32.2. The fourth-order valence-electron chi connectivity index (χ4n) is 3.66. The molecule has 0 radical (unpaired) electrons. The molecule has 0 spiro atoms. The third-order valence-corrected chi connectivity index (χ3v) is 6.34. The zero-order chi connectivity index (χ0) is 17.7. The summed E-state index contributed by atoms with van der Waals surface area (Å²) in [6.45, 7) is 2.09. The van der Waals surface area contributed by atoms with Crippen LogP contribution in [0.2, 0.25) is 0 Å². The number of nitrogens with one attached hydrogen (secondary N) is 1. The van der Waals surface area contributed by atoms with E-state index in [-0.39, 0.29) is 11.0 Å². The maximum absolute atomic E-state index is 13.3. The van der Waals surface area contributed by atoms with Crippen LogP contribution < -0.4 is 5.32 Å². The first-order chi connectivity index (χ1) is 12.7. The average Bonchev–Trinajstić information content (AvgIpc) is 2.84. The number of hydrogen-bond acceptors (Lipinski definition) is 3. The van der Waals surface area contributed by atoms with Gasteiger partial charge in [0.05, 0.1) is 16.6 Å². The summed E-state index contributed by atoms with van der Waals surface area (Å²) < 4.78 is 0. The molecule has 2 nitrogen and oxygen atoms in total. The second-order valence-electron chi connectivity index (χ2n) is 6.69. The minimum atomic E-state index is -0.0263. The molecule has 3 heteroatoms. The minimum absolute atomic E-state index is 0.0263. The van der Waals surface area contributed by atoms with Gasteiger partial charge in [-0.05, 0) is 24.6 Å². The number of rotatable bonds is 1. The quantitative estimate of drug-likeness (QED) is 0.592. The van der Waals surface area contributed by atoms with E-state index in [4.69, 9.17) is 0 Å². The molecule has 1 aliphatic carbocycles. The first kappa shape index (κ1) is 15.5. The van der Waals surface area contributed by atoms with Gasteiger partial charge < -0.3 is 5.32 Å². The molecule has 126 valence electrons. The number of anilines is 1. The topological polar surface area (TPSA) is 29.1 Å². The first-order valence-electron chi connectivity index (χ1n) is 8.70. The normalized spacial score (nSPS) is 17.9. The van der Waals surface area contributed by atoms with Crippen molar-refractivity contribution < 1.29 is 4.79 Å². The number of benzene rings is 3. The number of para-hydroxylation sites is 1. The molecule has 3 aromatic rings. The van der Waals surface area contributed by atoms with Crippen molar-refractivity contribution in [2.75, 3.05) is 5.32 Å². The van der Waals surface area contributed by atoms with Crippen molar-refractivity contribution in [3.8, 4) is 0 Å². The molecule has 0 aromatic heterocycles. The zero-order valence-corrected chi connectivity index (χ0v) is 15.1. The smallest absolute Gasteiger partial charge is 0.193 e. The van der Waals surface area contributed by atoms with Crippen molar-refractivity contribution in [3.63, 3.8) is 0 Å². The molecular formula is C23H17NOS. The number of thioether (sulfide) groups is 1. The number of carbonyl (C=O) groups excluding carboxylic acids is 1. The summed E-state index contributed by atoms with van der Waals surface area (Å²) in [6, 6.07) is 24.7. The highest BCUT2D eigenvalue weighted by Gasteiger charge is 2.37. The van der Waals surface area contributed by atoms with Crippen LogP contribution in [0.5, 0.6) is 0 Å². The second kappa shape index (κ2) is 5.89. The number of Topliss-reactive ketones (excluding diaryl/α,β-unsaturated/α-hetero) is 1. The van der Waals surface area contributed by atoms with E-state index in [0.29, 0.717) is 0 Å². The molecule has 0 amide bonds. The Labute approximate surface area is 157 Å². The van der Waals surface area contributed by atoms with Gasteiger partial charge in [-0.2, -0.15) is 0 Å². The van der Waals surface area contributed by atoms with E-state index in [2.05, 4.69) is 48.6 Å². The Balaban J connectivity index is 1.74. The Morgan fingerprint density at radius 3 is 2.35 bits per heavy atom. The van der Waals surface area contributed by atoms with Crippen LogP contribution in [0.25, 0.3) is 5.70 Å². The maximum Gasteiger partial charge on any atom is 0.193 e. The summed E-state index contributed by atoms with van der Waals surface area (Å²) in [5.41, 5.74) is 7.05. The van der Waals surface area contributed by atoms with E-state index in [9.17, 15) is 4.79 Å². The van der Waals surface area contributed by atoms with Crippen molar-refractivity contribution in [1.29, 1.82) is 0 Å². The van der Waals surface area contributed by atoms with Gasteiger partial charge in [0.15, 0.2) is 5.78 Å². The molecule has 5 rings (SSSR count). The molecule has 0 bridgehead atoms. The van der Waals surface area contributed by atoms with Gasteiger partial charge in [0.2, 0.25) is 0 Å². The van der Waals surface area contributed by atoms with Crippen LogP contribution in [-0.4, -0.2) is 5.78 Å². The summed E-state index contributed by atoms with van der Waals surface area (Å²) in [5.74, 6) is 0.133. The third kappa shape index (κ3) is 2.31. The van der Waals surface area contributed by atoms with Crippen molar-refractivity contribution in [2.45, 2.75) is 17.1 Å². The Hall–Kier alpha value is -2.78. The van der Waals surface area contributed by atoms with Crippen LogP contribution in [0.4, 0.5) is 5.69 Å². The Kier molecular flexibility index (Phi) is 3.50. The van der Waals surface area contributed by atoms with Crippen molar-refractivity contribution >= 4 is 28.9 Å². The van der Waals surface area contributed by atoms with Crippen LogP contribution >= 0.6 is 11.8 Å². The maximum atomic E-state index is 13.3. The van der Waals surface area contributed by atoms with Crippen LogP contribution in [0.1, 0.15) is 32.3 Å². The summed E-state index contributed by atoms with van der Waals surface area (Å²) in [6.07, 6.45) is 0. The van der Waals surface area contributed by atoms with Gasteiger partial charge in [-0.25, -0.2) is 0 Å². The van der Waals surface area contributed by atoms with Crippen LogP contribution in [0.3, 0.4) is 0 Å². The van der Waals surface area contributed by atoms with E-state index in [1.807, 2.05) is 36.4 Å². The van der Waals surface area contributed by atoms with Crippen LogP contribution in [-0.2, 0) is 0 Å². The summed E-state index contributed by atoms with van der Waals surface area (Å²) in [5, 5.41) is 3.53.